The van der Waals surface area contributed by atoms with Crippen LogP contribution in [0.4, 0.5) is 0 Å². The Morgan fingerprint density at radius 2 is 1.60 bits per heavy atom. The molecule has 11 N–H and O–H groups in total. The van der Waals surface area contributed by atoms with E-state index in [2.05, 4.69) is 38.5 Å². The molecule has 0 aliphatic carbocycles. The van der Waals surface area contributed by atoms with Gasteiger partial charge >= 0.3 is 5.97 Å². The minimum absolute atomic E-state index is 0.160. The molecule has 4 amide bonds. The fraction of sp³-hybridized carbons (Fsp3) is 0.600. The van der Waals surface area contributed by atoms with Crippen LogP contribution < -0.4 is 33.2 Å². The van der Waals surface area contributed by atoms with Gasteiger partial charge in [0.05, 0.1) is 12.4 Å². The molecule has 15 heteroatoms. The zero-order valence-electron chi connectivity index (χ0n) is 19.2. The van der Waals surface area contributed by atoms with E-state index in [0.29, 0.717) is 25.1 Å². The summed E-state index contributed by atoms with van der Waals surface area (Å²) >= 11 is 3.89. The maximum Gasteiger partial charge on any atom is 0.327 e. The number of carbonyl (C=O) groups excluding carboxylic acids is 4. The number of carboxylic acids is 1. The number of H-pyrrole nitrogens is 1. The number of aliphatic carboxylic acids is 1. The number of amides is 4. The lowest BCUT2D eigenvalue weighted by atomic mass is 10.0. The van der Waals surface area contributed by atoms with Gasteiger partial charge in [0, 0.05) is 30.5 Å². The summed E-state index contributed by atoms with van der Waals surface area (Å²) < 4.78 is 0. The monoisotopic (exact) mass is 514 g/mol. The normalized spacial score (nSPS) is 14.3. The van der Waals surface area contributed by atoms with Crippen molar-refractivity contribution in [3.05, 3.63) is 18.2 Å². The molecule has 0 bridgehead atoms. The number of nitrogens with two attached hydrogens (primary N) is 3. The average Bonchev–Trinajstić information content (AvgIpc) is 3.31. The third kappa shape index (κ3) is 11.2. The molecule has 0 radical (unpaired) electrons. The highest BCUT2D eigenvalue weighted by Gasteiger charge is 2.30. The van der Waals surface area contributed by atoms with E-state index in [1.807, 2.05) is 0 Å². The highest BCUT2D eigenvalue weighted by Crippen LogP contribution is 2.06. The Kier molecular flexibility index (Phi) is 13.4. The molecule has 196 valence electrons. The van der Waals surface area contributed by atoms with Gasteiger partial charge in [-0.1, -0.05) is 0 Å². The minimum Gasteiger partial charge on any atom is -0.480 e. The van der Waals surface area contributed by atoms with E-state index in [1.165, 1.54) is 12.5 Å². The highest BCUT2D eigenvalue weighted by molar-refractivity contribution is 7.80. The number of aromatic amines is 1. The summed E-state index contributed by atoms with van der Waals surface area (Å²) in [6.07, 6.45) is 4.03. The van der Waals surface area contributed by atoms with Crippen LogP contribution >= 0.6 is 12.6 Å². The van der Waals surface area contributed by atoms with E-state index in [1.54, 1.807) is 0 Å². The van der Waals surface area contributed by atoms with E-state index < -0.39 is 53.8 Å². The van der Waals surface area contributed by atoms with Gasteiger partial charge in [-0.05, 0) is 32.2 Å². The lowest BCUT2D eigenvalue weighted by Crippen LogP contribution is -2.57. The molecular weight excluding hydrogens is 480 g/mol. The van der Waals surface area contributed by atoms with Crippen LogP contribution in [0.25, 0.3) is 0 Å². The highest BCUT2D eigenvalue weighted by atomic mass is 32.1. The molecule has 14 nitrogen and oxygen atoms in total. The van der Waals surface area contributed by atoms with Crippen molar-refractivity contribution in [1.29, 1.82) is 0 Å². The quantitative estimate of drug-likeness (QED) is 0.0765. The predicted octanol–water partition coefficient (Wildman–Crippen LogP) is -2.86. The number of imidazole rings is 1. The lowest BCUT2D eigenvalue weighted by molar-refractivity contribution is -0.141. The molecule has 0 spiro atoms. The number of carboxylic acid groups (broad SMARTS) is 1. The number of nitrogens with zero attached hydrogens (tertiary/aromatic N) is 1. The van der Waals surface area contributed by atoms with Gasteiger partial charge < -0.3 is 43.2 Å². The summed E-state index contributed by atoms with van der Waals surface area (Å²) in [5.74, 6) is -4.34. The van der Waals surface area contributed by atoms with Gasteiger partial charge in [-0.25, -0.2) is 9.78 Å². The van der Waals surface area contributed by atoms with E-state index in [-0.39, 0.29) is 31.4 Å². The fourth-order valence-electron chi connectivity index (χ4n) is 3.05. The number of thiol groups is 1. The first-order valence-electron chi connectivity index (χ1n) is 11.0. The van der Waals surface area contributed by atoms with E-state index in [9.17, 15) is 24.0 Å². The minimum atomic E-state index is -1.31. The van der Waals surface area contributed by atoms with Crippen LogP contribution in [0.5, 0.6) is 0 Å². The summed E-state index contributed by atoms with van der Waals surface area (Å²) in [5.41, 5.74) is 17.3. The number of rotatable bonds is 17. The van der Waals surface area contributed by atoms with Gasteiger partial charge in [-0.3, -0.25) is 19.2 Å². The molecule has 1 aromatic heterocycles. The maximum absolute atomic E-state index is 13.0. The van der Waals surface area contributed by atoms with Crippen molar-refractivity contribution >= 4 is 42.2 Å². The Morgan fingerprint density at radius 3 is 2.11 bits per heavy atom. The van der Waals surface area contributed by atoms with Crippen molar-refractivity contribution in [1.82, 2.24) is 25.9 Å². The molecule has 1 aromatic rings. The molecule has 4 unspecified atom stereocenters. The van der Waals surface area contributed by atoms with E-state index in [4.69, 9.17) is 22.3 Å². The molecule has 35 heavy (non-hydrogen) atoms. The van der Waals surface area contributed by atoms with E-state index in [0.717, 1.165) is 0 Å². The predicted molar refractivity (Wildman–Crippen MR) is 129 cm³/mol. The van der Waals surface area contributed by atoms with Crippen molar-refractivity contribution in [2.24, 2.45) is 17.2 Å². The van der Waals surface area contributed by atoms with Gasteiger partial charge in [-0.2, -0.15) is 12.6 Å². The Labute approximate surface area is 207 Å². The van der Waals surface area contributed by atoms with Crippen LogP contribution in [-0.4, -0.2) is 81.1 Å². The third-order valence-electron chi connectivity index (χ3n) is 5.02. The number of unbranched alkanes of at least 4 members (excludes halogenated alkanes) is 1. The van der Waals surface area contributed by atoms with Crippen LogP contribution in [0.1, 0.15) is 37.8 Å². The second-order valence-electron chi connectivity index (χ2n) is 7.88. The third-order valence-corrected chi connectivity index (χ3v) is 5.39. The molecule has 0 saturated carbocycles. The van der Waals surface area contributed by atoms with Crippen LogP contribution in [0, 0.1) is 0 Å². The first-order chi connectivity index (χ1) is 16.6. The van der Waals surface area contributed by atoms with Crippen LogP contribution in [0.2, 0.25) is 0 Å². The molecule has 0 aliphatic rings. The zero-order valence-corrected chi connectivity index (χ0v) is 20.1. The largest absolute Gasteiger partial charge is 0.480 e. The number of aromatic nitrogens is 2. The molecule has 0 aliphatic heterocycles. The molecule has 0 saturated heterocycles. The molecule has 0 fully saturated rings. The lowest BCUT2D eigenvalue weighted by Gasteiger charge is -2.25. The van der Waals surface area contributed by atoms with Crippen molar-refractivity contribution in [2.75, 3.05) is 12.3 Å². The molecule has 4 atom stereocenters. The smallest absolute Gasteiger partial charge is 0.327 e. The van der Waals surface area contributed by atoms with Crippen molar-refractivity contribution in [3.63, 3.8) is 0 Å². The first kappa shape index (κ1) is 29.9. The SMILES string of the molecule is NCCCCC(NC(=O)C(N)Cc1cnc[nH]1)C(=O)NC(CCC(N)=O)C(=O)NC(CS)C(=O)O. The summed E-state index contributed by atoms with van der Waals surface area (Å²) in [6.45, 7) is 0.381. The Balaban J connectivity index is 2.94. The second kappa shape index (κ2) is 15.7. The molecular formula is C20H34N8O6S. The van der Waals surface area contributed by atoms with Crippen LogP contribution in [-0.2, 0) is 30.4 Å². The maximum atomic E-state index is 13.0. The summed E-state index contributed by atoms with van der Waals surface area (Å²) in [7, 11) is 0. The zero-order chi connectivity index (χ0) is 26.4. The number of hydrogen-bond donors (Lipinski definition) is 9. The van der Waals surface area contributed by atoms with Crippen LogP contribution in [0.15, 0.2) is 12.5 Å². The Hall–Kier alpha value is -3.17. The summed E-state index contributed by atoms with van der Waals surface area (Å²) in [5, 5.41) is 16.5. The number of carbonyl (C=O) groups is 5. The van der Waals surface area contributed by atoms with Gasteiger partial charge in [-0.15, -0.1) is 0 Å². The fourth-order valence-corrected chi connectivity index (χ4v) is 3.30. The van der Waals surface area contributed by atoms with Crippen molar-refractivity contribution in [3.8, 4) is 0 Å². The van der Waals surface area contributed by atoms with E-state index >= 15 is 0 Å². The summed E-state index contributed by atoms with van der Waals surface area (Å²) in [6, 6.07) is -4.60. The molecule has 1 rings (SSSR count). The molecule has 0 aromatic carbocycles. The molecule has 1 heterocycles. The number of nitrogens with one attached hydrogen (secondary N) is 4. The Morgan fingerprint density at radius 1 is 1.00 bits per heavy atom. The van der Waals surface area contributed by atoms with Gasteiger partial charge in [0.15, 0.2) is 0 Å². The van der Waals surface area contributed by atoms with Gasteiger partial charge in [0.25, 0.3) is 0 Å². The Bertz CT molecular complexity index is 853. The number of hydrogen-bond acceptors (Lipinski definition) is 9. The van der Waals surface area contributed by atoms with Crippen molar-refractivity contribution in [2.45, 2.75) is 62.7 Å². The first-order valence-corrected chi connectivity index (χ1v) is 11.7. The van der Waals surface area contributed by atoms with Crippen LogP contribution in [0.3, 0.4) is 0 Å². The average molecular weight is 515 g/mol. The topological polar surface area (TPSA) is 248 Å². The van der Waals surface area contributed by atoms with Gasteiger partial charge in [0.1, 0.15) is 18.1 Å². The second-order valence-corrected chi connectivity index (χ2v) is 8.25. The standard InChI is InChI=1S/C20H34N8O6S/c21-6-2-1-3-13(26-17(30)12(22)7-11-8-24-10-25-11)18(31)27-14(4-5-16(23)29)19(32)28-15(9-35)20(33)34/h8,10,12-15,35H,1-7,9,21-22H2,(H2,23,29)(H,24,25)(H,26,30)(H,27,31)(H,28,32)(H,33,34). The van der Waals surface area contributed by atoms with Gasteiger partial charge in [0.2, 0.25) is 23.6 Å². The summed E-state index contributed by atoms with van der Waals surface area (Å²) in [4.78, 5) is 67.5. The number of primary amides is 1. The van der Waals surface area contributed by atoms with Crippen molar-refractivity contribution < 1.29 is 29.1 Å².